The van der Waals surface area contributed by atoms with Crippen LogP contribution in [0.4, 0.5) is 10.5 Å². The van der Waals surface area contributed by atoms with Crippen LogP contribution >= 0.6 is 15.9 Å². The number of likely N-dealkylation sites (tertiary alicyclic amines) is 1. The van der Waals surface area contributed by atoms with Gasteiger partial charge in [0.05, 0.1) is 11.5 Å². The summed E-state index contributed by atoms with van der Waals surface area (Å²) in [5.74, 6) is 0.506. The lowest BCUT2D eigenvalue weighted by atomic mass is 9.98. The molecule has 0 radical (unpaired) electrons. The first kappa shape index (κ1) is 19.5. The Kier molecular flexibility index (Phi) is 6.26. The highest BCUT2D eigenvalue weighted by Gasteiger charge is 2.27. The number of halogens is 1. The van der Waals surface area contributed by atoms with Crippen LogP contribution in [-0.2, 0) is 4.74 Å². The summed E-state index contributed by atoms with van der Waals surface area (Å²) in [5.41, 5.74) is -0.550. The lowest BCUT2D eigenvalue weighted by molar-refractivity contribution is -0.385. The summed E-state index contributed by atoms with van der Waals surface area (Å²) < 4.78 is 11.8. The van der Waals surface area contributed by atoms with E-state index in [0.29, 0.717) is 19.7 Å². The summed E-state index contributed by atoms with van der Waals surface area (Å²) in [4.78, 5) is 24.4. The maximum atomic E-state index is 12.0. The van der Waals surface area contributed by atoms with Gasteiger partial charge in [-0.15, -0.1) is 0 Å². The van der Waals surface area contributed by atoms with E-state index in [2.05, 4.69) is 15.9 Å². The highest BCUT2D eigenvalue weighted by molar-refractivity contribution is 9.10. The maximum absolute atomic E-state index is 12.0. The first-order valence-electron chi connectivity index (χ1n) is 8.20. The molecule has 1 aliphatic rings. The van der Waals surface area contributed by atoms with Gasteiger partial charge in [0, 0.05) is 29.7 Å². The average Bonchev–Trinajstić information content (AvgIpc) is 2.51. The van der Waals surface area contributed by atoms with Crippen LogP contribution in [0, 0.1) is 16.0 Å². The fourth-order valence-corrected chi connectivity index (χ4v) is 2.91. The monoisotopic (exact) mass is 414 g/mol. The van der Waals surface area contributed by atoms with E-state index >= 15 is 0 Å². The molecular formula is C17H23BrN2O5. The Hall–Kier alpha value is -1.83. The molecule has 1 aromatic rings. The van der Waals surface area contributed by atoms with E-state index < -0.39 is 10.5 Å². The number of hydrogen-bond acceptors (Lipinski definition) is 5. The second-order valence-electron chi connectivity index (χ2n) is 7.09. The van der Waals surface area contributed by atoms with Crippen LogP contribution in [0.2, 0.25) is 0 Å². The number of carbonyl (C=O) groups excluding carboxylic acids is 1. The highest BCUT2D eigenvalue weighted by atomic mass is 79.9. The molecule has 8 heteroatoms. The summed E-state index contributed by atoms with van der Waals surface area (Å²) in [6.07, 6.45) is 1.26. The number of ether oxygens (including phenoxy) is 2. The molecular weight excluding hydrogens is 392 g/mol. The van der Waals surface area contributed by atoms with E-state index in [9.17, 15) is 14.9 Å². The standard InChI is InChI=1S/C17H23BrN2O5/c1-17(2,3)25-16(21)19-8-6-12(7-9-19)11-24-15-10-13(18)4-5-14(15)20(22)23/h4-5,10,12H,6-9,11H2,1-3H3. The first-order valence-corrected chi connectivity index (χ1v) is 8.99. The summed E-state index contributed by atoms with van der Waals surface area (Å²) in [6, 6.07) is 4.64. The molecule has 1 aliphatic heterocycles. The molecule has 0 saturated carbocycles. The van der Waals surface area contributed by atoms with Crippen LogP contribution in [0.3, 0.4) is 0 Å². The van der Waals surface area contributed by atoms with Crippen LogP contribution in [0.5, 0.6) is 5.75 Å². The number of piperidine rings is 1. The highest BCUT2D eigenvalue weighted by Crippen LogP contribution is 2.31. The molecule has 1 fully saturated rings. The molecule has 0 aliphatic carbocycles. The number of nitrogens with zero attached hydrogens (tertiary/aromatic N) is 2. The van der Waals surface area contributed by atoms with E-state index in [1.807, 2.05) is 20.8 Å². The minimum Gasteiger partial charge on any atom is -0.486 e. The molecule has 0 spiro atoms. The van der Waals surface area contributed by atoms with Gasteiger partial charge in [-0.25, -0.2) is 4.79 Å². The average molecular weight is 415 g/mol. The Morgan fingerprint density at radius 2 is 2.00 bits per heavy atom. The molecule has 0 N–H and O–H groups in total. The lowest BCUT2D eigenvalue weighted by Crippen LogP contribution is -2.42. The van der Waals surface area contributed by atoms with Crippen molar-refractivity contribution in [2.45, 2.75) is 39.2 Å². The molecule has 0 bridgehead atoms. The minimum absolute atomic E-state index is 0.0469. The lowest BCUT2D eigenvalue weighted by Gasteiger charge is -2.33. The molecule has 0 aromatic heterocycles. The largest absolute Gasteiger partial charge is 0.486 e. The second-order valence-corrected chi connectivity index (χ2v) is 8.01. The topological polar surface area (TPSA) is 81.9 Å². The Labute approximate surface area is 155 Å². The Bertz CT molecular complexity index is 636. The van der Waals surface area contributed by atoms with Crippen LogP contribution in [-0.4, -0.2) is 41.2 Å². The third-order valence-corrected chi connectivity index (χ3v) is 4.35. The number of carbonyl (C=O) groups is 1. The van der Waals surface area contributed by atoms with E-state index in [1.54, 1.807) is 17.0 Å². The molecule has 0 atom stereocenters. The summed E-state index contributed by atoms with van der Waals surface area (Å²) in [6.45, 7) is 7.12. The third kappa shape index (κ3) is 5.88. The Balaban J connectivity index is 1.86. The zero-order chi connectivity index (χ0) is 18.6. The summed E-state index contributed by atoms with van der Waals surface area (Å²) >= 11 is 3.30. The normalized spacial score (nSPS) is 15.8. The van der Waals surface area contributed by atoms with Gasteiger partial charge in [-0.1, -0.05) is 15.9 Å². The van der Waals surface area contributed by atoms with Gasteiger partial charge in [-0.2, -0.15) is 0 Å². The van der Waals surface area contributed by atoms with E-state index in [0.717, 1.165) is 17.3 Å². The van der Waals surface area contributed by atoms with Crippen molar-refractivity contribution < 1.29 is 19.2 Å². The van der Waals surface area contributed by atoms with Crippen molar-refractivity contribution >= 4 is 27.7 Å². The third-order valence-electron chi connectivity index (χ3n) is 3.86. The van der Waals surface area contributed by atoms with Gasteiger partial charge >= 0.3 is 11.8 Å². The van der Waals surface area contributed by atoms with Crippen molar-refractivity contribution in [1.82, 2.24) is 4.90 Å². The summed E-state index contributed by atoms with van der Waals surface area (Å²) in [5, 5.41) is 11.1. The molecule has 138 valence electrons. The van der Waals surface area contributed by atoms with E-state index in [-0.39, 0.29) is 23.4 Å². The molecule has 25 heavy (non-hydrogen) atoms. The van der Waals surface area contributed by atoms with Gasteiger partial charge < -0.3 is 14.4 Å². The SMILES string of the molecule is CC(C)(C)OC(=O)N1CCC(COc2cc(Br)ccc2[N+](=O)[O-])CC1. The van der Waals surface area contributed by atoms with Crippen LogP contribution < -0.4 is 4.74 Å². The smallest absolute Gasteiger partial charge is 0.410 e. The van der Waals surface area contributed by atoms with Crippen molar-refractivity contribution in [3.05, 3.63) is 32.8 Å². The van der Waals surface area contributed by atoms with Gasteiger partial charge in [0.2, 0.25) is 0 Å². The molecule has 7 nitrogen and oxygen atoms in total. The molecule has 1 aromatic carbocycles. The molecule has 1 amide bonds. The number of hydrogen-bond donors (Lipinski definition) is 0. The number of nitro groups is 1. The van der Waals surface area contributed by atoms with Crippen LogP contribution in [0.15, 0.2) is 22.7 Å². The van der Waals surface area contributed by atoms with Gasteiger partial charge in [0.25, 0.3) is 0 Å². The van der Waals surface area contributed by atoms with Gasteiger partial charge in [0.15, 0.2) is 5.75 Å². The zero-order valence-corrected chi connectivity index (χ0v) is 16.2. The van der Waals surface area contributed by atoms with Crippen molar-refractivity contribution in [2.24, 2.45) is 5.92 Å². The second kappa shape index (κ2) is 8.03. The fraction of sp³-hybridized carbons (Fsp3) is 0.588. The predicted octanol–water partition coefficient (Wildman–Crippen LogP) is 4.38. The first-order chi connectivity index (χ1) is 11.7. The van der Waals surface area contributed by atoms with Crippen LogP contribution in [0.1, 0.15) is 33.6 Å². The van der Waals surface area contributed by atoms with Gasteiger partial charge in [-0.05, 0) is 45.6 Å². The van der Waals surface area contributed by atoms with Crippen molar-refractivity contribution in [3.8, 4) is 5.75 Å². The molecule has 2 rings (SSSR count). The number of nitro benzene ring substituents is 1. The van der Waals surface area contributed by atoms with Crippen molar-refractivity contribution in [2.75, 3.05) is 19.7 Å². The quantitative estimate of drug-likeness (QED) is 0.538. The van der Waals surface area contributed by atoms with Crippen LogP contribution in [0.25, 0.3) is 0 Å². The minimum atomic E-state index is -0.503. The van der Waals surface area contributed by atoms with E-state index in [1.165, 1.54) is 6.07 Å². The predicted molar refractivity (Wildman–Crippen MR) is 96.8 cm³/mol. The van der Waals surface area contributed by atoms with Crippen molar-refractivity contribution in [3.63, 3.8) is 0 Å². The summed E-state index contributed by atoms with van der Waals surface area (Å²) in [7, 11) is 0. The number of benzene rings is 1. The maximum Gasteiger partial charge on any atom is 0.410 e. The molecule has 1 saturated heterocycles. The van der Waals surface area contributed by atoms with Crippen molar-refractivity contribution in [1.29, 1.82) is 0 Å². The molecule has 0 unspecified atom stereocenters. The zero-order valence-electron chi connectivity index (χ0n) is 14.7. The van der Waals surface area contributed by atoms with E-state index in [4.69, 9.17) is 9.47 Å². The molecule has 1 heterocycles. The van der Waals surface area contributed by atoms with Gasteiger partial charge in [-0.3, -0.25) is 10.1 Å². The Morgan fingerprint density at radius 3 is 2.56 bits per heavy atom. The number of amides is 1. The number of rotatable bonds is 4. The fourth-order valence-electron chi connectivity index (χ4n) is 2.57. The Morgan fingerprint density at radius 1 is 1.36 bits per heavy atom. The van der Waals surface area contributed by atoms with Gasteiger partial charge in [0.1, 0.15) is 5.60 Å².